The first-order valence-corrected chi connectivity index (χ1v) is 24.4. The summed E-state index contributed by atoms with van der Waals surface area (Å²) in [5.74, 6) is 0.405. The molecule has 0 aromatic rings. The molecule has 3 aliphatic heterocycles. The van der Waals surface area contributed by atoms with Gasteiger partial charge in [0.2, 0.25) is 0 Å². The third-order valence-corrected chi connectivity index (χ3v) is 18.4. The van der Waals surface area contributed by atoms with E-state index >= 15 is 4.79 Å². The Labute approximate surface area is 393 Å². The van der Waals surface area contributed by atoms with Gasteiger partial charge in [-0.05, 0) is 93.3 Å². The van der Waals surface area contributed by atoms with Gasteiger partial charge < -0.3 is 89.7 Å². The summed E-state index contributed by atoms with van der Waals surface area (Å²) in [4.78, 5) is 15.0. The van der Waals surface area contributed by atoms with E-state index in [9.17, 15) is 61.3 Å². The molecule has 0 radical (unpaired) electrons. The van der Waals surface area contributed by atoms with E-state index in [0.29, 0.717) is 32.1 Å². The fraction of sp³-hybridized carbons (Fsp3) is 0.938. The number of Topliss-reactive ketones (excluding diaryl/α,β-unsaturated/α-hetero) is 1. The lowest BCUT2D eigenvalue weighted by atomic mass is 9.38. The summed E-state index contributed by atoms with van der Waals surface area (Å²) in [6.45, 7) is 14.2. The second-order valence-corrected chi connectivity index (χ2v) is 22.8. The molecule has 3 heterocycles. The van der Waals surface area contributed by atoms with Gasteiger partial charge >= 0.3 is 0 Å². The zero-order chi connectivity index (χ0) is 49.5. The molecule has 0 amide bonds. The molecule has 0 spiro atoms. The van der Waals surface area contributed by atoms with Gasteiger partial charge in [0.25, 0.3) is 0 Å². The van der Waals surface area contributed by atoms with Crippen LogP contribution in [0.4, 0.5) is 0 Å². The summed E-state index contributed by atoms with van der Waals surface area (Å²) in [7, 11) is 0. The highest BCUT2D eigenvalue weighted by Gasteiger charge is 2.70. The first-order valence-electron chi connectivity index (χ1n) is 24.4. The largest absolute Gasteiger partial charge is 0.394 e. The summed E-state index contributed by atoms with van der Waals surface area (Å²) in [6.07, 6.45) is -17.4. The number of allylic oxidation sites excluding steroid dienone is 1. The number of aliphatic hydroxyl groups excluding tert-OH is 11. The molecule has 6 fully saturated rings. The lowest BCUT2D eigenvalue weighted by Crippen LogP contribution is -2.65. The molecule has 0 aromatic carbocycles. The first-order chi connectivity index (χ1) is 31.2. The highest BCUT2D eigenvalue weighted by atomic mass is 16.8. The van der Waals surface area contributed by atoms with Crippen LogP contribution in [0.5, 0.6) is 0 Å². The van der Waals surface area contributed by atoms with Gasteiger partial charge in [-0.15, -0.1) is 0 Å². The first kappa shape index (κ1) is 53.5. The van der Waals surface area contributed by atoms with E-state index in [1.165, 1.54) is 0 Å². The van der Waals surface area contributed by atoms with Crippen molar-refractivity contribution in [2.45, 2.75) is 217 Å². The molecule has 0 aromatic heterocycles. The third kappa shape index (κ3) is 9.04. The molecular formula is C48H80O19. The molecule has 19 heteroatoms. The normalized spacial score (nSPS) is 49.9. The van der Waals surface area contributed by atoms with Gasteiger partial charge in [0.05, 0.1) is 37.6 Å². The Morgan fingerprint density at radius 3 is 1.75 bits per heavy atom. The van der Waals surface area contributed by atoms with Crippen LogP contribution < -0.4 is 0 Å². The quantitative estimate of drug-likeness (QED) is 0.0944. The number of ketones is 1. The van der Waals surface area contributed by atoms with Crippen molar-refractivity contribution in [3.63, 3.8) is 0 Å². The standard InChI is InChI=1S/C48H80O19/c1-21(9-13-31(45(4,5)61)66-43-40(37(58)34(55)27(20-51)64-43)67-42-39(60)36(57)33(54)26(19-50)63-42)22-15-16-46(6)28-12-10-23-24(48(28,8)29(52)17-47(22,46)7)11-14-30(44(23,2)3)65-41-38(59)35(56)32(53)25(18-49)62-41/h10,21-22,24-28,30-43,49-51,53-61H,9,11-20H2,1-8H3/t21-,22-,24-,25+,26+,27-,28-,30-,31+,32+,33+,34-,35-,36+,37+,38-,39-,40-,41-,42-,43+,46-,47+,48-/m0/s1. The van der Waals surface area contributed by atoms with Crippen molar-refractivity contribution in [1.82, 2.24) is 0 Å². The Kier molecular flexibility index (Phi) is 15.7. The molecular weight excluding hydrogens is 881 g/mol. The molecule has 0 bridgehead atoms. The molecule has 19 nitrogen and oxygen atoms in total. The minimum absolute atomic E-state index is 0.0482. The topological polar surface area (TPSA) is 315 Å². The number of rotatable bonds is 14. The summed E-state index contributed by atoms with van der Waals surface area (Å²) in [5.41, 5.74) is -2.17. The van der Waals surface area contributed by atoms with Gasteiger partial charge in [-0.25, -0.2) is 0 Å². The molecule has 386 valence electrons. The average molecular weight is 961 g/mol. The predicted octanol–water partition coefficient (Wildman–Crippen LogP) is -0.848. The van der Waals surface area contributed by atoms with E-state index in [2.05, 4.69) is 47.6 Å². The van der Waals surface area contributed by atoms with Crippen molar-refractivity contribution in [3.05, 3.63) is 11.6 Å². The molecule has 24 atom stereocenters. The van der Waals surface area contributed by atoms with Gasteiger partial charge in [0, 0.05) is 17.3 Å². The lowest BCUT2D eigenvalue weighted by Gasteiger charge is -2.65. The smallest absolute Gasteiger partial charge is 0.187 e. The number of hydrogen-bond donors (Lipinski definition) is 12. The minimum Gasteiger partial charge on any atom is -0.394 e. The van der Waals surface area contributed by atoms with Crippen LogP contribution in [0.1, 0.15) is 107 Å². The number of aliphatic hydroxyl groups is 12. The van der Waals surface area contributed by atoms with Gasteiger partial charge in [0.15, 0.2) is 18.9 Å². The van der Waals surface area contributed by atoms with Crippen molar-refractivity contribution in [3.8, 4) is 0 Å². The predicted molar refractivity (Wildman–Crippen MR) is 234 cm³/mol. The van der Waals surface area contributed by atoms with E-state index in [0.717, 1.165) is 18.4 Å². The van der Waals surface area contributed by atoms with Crippen LogP contribution in [0.2, 0.25) is 0 Å². The highest BCUT2D eigenvalue weighted by Crippen LogP contribution is 2.74. The molecule has 12 N–H and O–H groups in total. The van der Waals surface area contributed by atoms with Crippen LogP contribution in [0, 0.1) is 45.3 Å². The van der Waals surface area contributed by atoms with Gasteiger partial charge in [-0.2, -0.15) is 0 Å². The highest BCUT2D eigenvalue weighted by molar-refractivity contribution is 5.88. The van der Waals surface area contributed by atoms with Crippen molar-refractivity contribution in [2.24, 2.45) is 45.3 Å². The Balaban J connectivity index is 1.06. The summed E-state index contributed by atoms with van der Waals surface area (Å²) >= 11 is 0. The maximum Gasteiger partial charge on any atom is 0.187 e. The van der Waals surface area contributed by atoms with E-state index in [1.54, 1.807) is 13.8 Å². The molecule has 3 saturated heterocycles. The zero-order valence-corrected chi connectivity index (χ0v) is 40.2. The third-order valence-electron chi connectivity index (χ3n) is 18.4. The summed E-state index contributed by atoms with van der Waals surface area (Å²) in [6, 6.07) is 0. The van der Waals surface area contributed by atoms with Crippen molar-refractivity contribution < 1.29 is 94.5 Å². The van der Waals surface area contributed by atoms with Crippen molar-refractivity contribution in [2.75, 3.05) is 19.8 Å². The lowest BCUT2D eigenvalue weighted by molar-refractivity contribution is -0.375. The molecule has 67 heavy (non-hydrogen) atoms. The molecule has 3 saturated carbocycles. The van der Waals surface area contributed by atoms with Crippen LogP contribution in [0.25, 0.3) is 0 Å². The van der Waals surface area contributed by atoms with Crippen LogP contribution in [0.3, 0.4) is 0 Å². The molecule has 0 unspecified atom stereocenters. The second-order valence-electron chi connectivity index (χ2n) is 22.8. The maximum atomic E-state index is 15.0. The minimum atomic E-state index is -1.84. The van der Waals surface area contributed by atoms with Crippen molar-refractivity contribution in [1.29, 1.82) is 0 Å². The zero-order valence-electron chi connectivity index (χ0n) is 40.2. The monoisotopic (exact) mass is 961 g/mol. The number of ether oxygens (including phenoxy) is 6. The van der Waals surface area contributed by atoms with Gasteiger partial charge in [0.1, 0.15) is 79.0 Å². The summed E-state index contributed by atoms with van der Waals surface area (Å²) < 4.78 is 35.9. The number of carbonyl (C=O) groups is 1. The summed E-state index contributed by atoms with van der Waals surface area (Å²) in [5, 5.41) is 126. The maximum absolute atomic E-state index is 15.0. The Morgan fingerprint density at radius 2 is 1.21 bits per heavy atom. The van der Waals surface area contributed by atoms with Crippen LogP contribution in [-0.4, -0.2) is 197 Å². The Hall–Kier alpha value is -1.31. The molecule has 7 aliphatic rings. The van der Waals surface area contributed by atoms with Crippen LogP contribution in [0.15, 0.2) is 11.6 Å². The van der Waals surface area contributed by atoms with E-state index < -0.39 is 141 Å². The number of fused-ring (bicyclic) bond motifs is 5. The van der Waals surface area contributed by atoms with E-state index in [-0.39, 0.29) is 46.7 Å². The Bertz CT molecular complexity index is 1750. The van der Waals surface area contributed by atoms with Crippen LogP contribution >= 0.6 is 0 Å². The molecule has 4 aliphatic carbocycles. The van der Waals surface area contributed by atoms with Gasteiger partial charge in [-0.3, -0.25) is 4.79 Å². The number of carbonyl (C=O) groups excluding carboxylic acids is 1. The second kappa shape index (κ2) is 19.6. The fourth-order valence-electron chi connectivity index (χ4n) is 14.0. The average Bonchev–Trinajstić information content (AvgIpc) is 3.54. The SMILES string of the molecule is C[C@@H](CC[C@@H](O[C@H]1O[C@@H](CO)[C@H](O)[C@@H](O)[C@@H]1O[C@@H]1O[C@H](CO)[C@@H](O)[C@@H](O)[C@@H]1O)C(C)(C)O)[C@@H]1CC[C@@]2(C)[C@@H]3CC=C4[C@H](CC[C@H](O[C@@H]5O[C@H](CO)[C@@H](O)[C@H](O)[C@@H]5O)C4(C)C)[C@]3(C)C(=O)C[C@]12C. The van der Waals surface area contributed by atoms with E-state index in [4.69, 9.17) is 28.4 Å². The van der Waals surface area contributed by atoms with Gasteiger partial charge in [-0.1, -0.05) is 53.2 Å². The van der Waals surface area contributed by atoms with Crippen LogP contribution in [-0.2, 0) is 33.2 Å². The molecule has 7 rings (SSSR count). The van der Waals surface area contributed by atoms with E-state index in [1.807, 2.05) is 0 Å². The number of hydrogen-bond acceptors (Lipinski definition) is 19. The van der Waals surface area contributed by atoms with Crippen molar-refractivity contribution >= 4 is 5.78 Å². The Morgan fingerprint density at radius 1 is 0.687 bits per heavy atom. The fourth-order valence-corrected chi connectivity index (χ4v) is 14.0.